The fourth-order valence-corrected chi connectivity index (χ4v) is 5.09. The minimum Gasteiger partial charge on any atom is -0.634 e. The monoisotopic (exact) mass is 498 g/mol. The smallest absolute Gasteiger partial charge is 0.270 e. The Morgan fingerprint density at radius 3 is 2.20 bits per heavy atom. The van der Waals surface area contributed by atoms with E-state index in [1.807, 2.05) is 0 Å². The van der Waals surface area contributed by atoms with Crippen LogP contribution in [0.2, 0.25) is 0 Å². The molecule has 2 saturated heterocycles. The molecule has 1 aromatic carbocycles. The summed E-state index contributed by atoms with van der Waals surface area (Å²) in [5.41, 5.74) is 1.24. The molecular formula is C25H30N4O5S. The molecule has 4 rings (SSSR count). The molecule has 2 N–H and O–H groups in total. The molecule has 2 aromatic rings. The van der Waals surface area contributed by atoms with Crippen LogP contribution < -0.4 is 10.4 Å². The number of likely N-dealkylation sites (tertiary alicyclic amines) is 1. The van der Waals surface area contributed by atoms with Crippen molar-refractivity contribution in [2.24, 2.45) is 5.92 Å². The zero-order valence-corrected chi connectivity index (χ0v) is 20.5. The van der Waals surface area contributed by atoms with Gasteiger partial charge in [0, 0.05) is 71.6 Å². The molecule has 2 aliphatic rings. The van der Waals surface area contributed by atoms with E-state index in [4.69, 9.17) is 0 Å². The highest BCUT2D eigenvalue weighted by molar-refractivity contribution is 7.84. The van der Waals surface area contributed by atoms with Crippen LogP contribution in [0.5, 0.6) is 0 Å². The molecule has 35 heavy (non-hydrogen) atoms. The van der Waals surface area contributed by atoms with Crippen molar-refractivity contribution < 1.29 is 23.7 Å². The number of nitrogens with zero attached hydrogens (tertiary/aromatic N) is 2. The Labute approximate surface area is 206 Å². The number of amides is 2. The van der Waals surface area contributed by atoms with E-state index in [0.29, 0.717) is 67.9 Å². The van der Waals surface area contributed by atoms with Crippen LogP contribution in [-0.4, -0.2) is 70.2 Å². The Morgan fingerprint density at radius 2 is 1.63 bits per heavy atom. The number of piperidine rings is 2. The van der Waals surface area contributed by atoms with Gasteiger partial charge in [0.25, 0.3) is 11.8 Å². The standard InChI is InChI=1S/C25H30N4O5S/c1-35(34)21-5-2-17(3-6-21)23(30)18-8-12-28(13-9-18)25(32)19-4-7-22(26-16-19)24(31)27-20-10-14-29(33)15-11-20/h2-7,16,18,20,29H,8-15H2,1H3,(H,27,31). The topological polar surface area (TPSA) is 124 Å². The van der Waals surface area contributed by atoms with E-state index in [2.05, 4.69) is 10.3 Å². The Hall–Kier alpha value is -2.95. The number of pyridine rings is 1. The molecule has 3 heterocycles. The van der Waals surface area contributed by atoms with Gasteiger partial charge in [-0.05, 0) is 37.1 Å². The van der Waals surface area contributed by atoms with E-state index >= 15 is 0 Å². The van der Waals surface area contributed by atoms with Gasteiger partial charge in [-0.1, -0.05) is 12.1 Å². The maximum absolute atomic E-state index is 12.9. The second-order valence-corrected chi connectivity index (χ2v) is 10.5. The first kappa shape index (κ1) is 25.2. The van der Waals surface area contributed by atoms with E-state index < -0.39 is 10.8 Å². The van der Waals surface area contributed by atoms with Crippen molar-refractivity contribution in [2.45, 2.75) is 36.6 Å². The van der Waals surface area contributed by atoms with Gasteiger partial charge in [0.1, 0.15) is 5.69 Å². The van der Waals surface area contributed by atoms with Crippen LogP contribution in [0.3, 0.4) is 0 Å². The third kappa shape index (κ3) is 6.19. The van der Waals surface area contributed by atoms with Crippen LogP contribution in [0.4, 0.5) is 0 Å². The first-order valence-electron chi connectivity index (χ1n) is 11.9. The number of carbonyl (C=O) groups excluding carboxylic acids is 3. The molecule has 0 aliphatic carbocycles. The second kappa shape index (κ2) is 11.2. The Bertz CT molecular complexity index is 1090. The lowest BCUT2D eigenvalue weighted by Crippen LogP contribution is -3.08. The van der Waals surface area contributed by atoms with Crippen molar-refractivity contribution >= 4 is 28.4 Å². The normalized spacial score (nSPS) is 21.8. The SMILES string of the molecule is CS(=O)c1ccc(C(=O)C2CCN(C(=O)c3ccc(C(=O)NC4CC[NH+]([O-])CC4)nc3)CC2)cc1. The lowest BCUT2D eigenvalue weighted by atomic mass is 9.88. The third-order valence-corrected chi connectivity index (χ3v) is 7.68. The van der Waals surface area contributed by atoms with Gasteiger partial charge >= 0.3 is 0 Å². The van der Waals surface area contributed by atoms with Gasteiger partial charge in [0.2, 0.25) is 0 Å². The highest BCUT2D eigenvalue weighted by atomic mass is 32.2. The number of ketones is 1. The van der Waals surface area contributed by atoms with Gasteiger partial charge in [0.15, 0.2) is 5.78 Å². The number of carbonyl (C=O) groups is 3. The molecule has 2 aliphatic heterocycles. The van der Waals surface area contributed by atoms with Gasteiger partial charge in [-0.3, -0.25) is 23.6 Å². The van der Waals surface area contributed by atoms with E-state index in [9.17, 15) is 23.8 Å². The average molecular weight is 499 g/mol. The molecule has 1 aromatic heterocycles. The summed E-state index contributed by atoms with van der Waals surface area (Å²) in [6, 6.07) is 9.98. The summed E-state index contributed by atoms with van der Waals surface area (Å²) < 4.78 is 11.5. The predicted octanol–water partition coefficient (Wildman–Crippen LogP) is 0.829. The molecule has 0 spiro atoms. The summed E-state index contributed by atoms with van der Waals surface area (Å²) in [6.07, 6.45) is 5.45. The number of benzene rings is 1. The molecule has 10 heteroatoms. The Kier molecular flexibility index (Phi) is 8.04. The number of hydrogen-bond acceptors (Lipinski definition) is 6. The molecule has 1 unspecified atom stereocenters. The van der Waals surface area contributed by atoms with Gasteiger partial charge in [-0.2, -0.15) is 0 Å². The molecule has 2 fully saturated rings. The molecule has 1 atom stereocenters. The van der Waals surface area contributed by atoms with E-state index in [-0.39, 0.29) is 40.3 Å². The maximum Gasteiger partial charge on any atom is 0.270 e. The van der Waals surface area contributed by atoms with E-state index in [1.165, 1.54) is 6.20 Å². The fraction of sp³-hybridized carbons (Fsp3) is 0.440. The van der Waals surface area contributed by atoms with Gasteiger partial charge in [0.05, 0.1) is 18.7 Å². The molecule has 0 saturated carbocycles. The van der Waals surface area contributed by atoms with Crippen LogP contribution in [0, 0.1) is 11.1 Å². The first-order chi connectivity index (χ1) is 16.8. The minimum atomic E-state index is -1.08. The minimum absolute atomic E-state index is 0.0270. The lowest BCUT2D eigenvalue weighted by Gasteiger charge is -2.31. The highest BCUT2D eigenvalue weighted by Gasteiger charge is 2.29. The van der Waals surface area contributed by atoms with Crippen molar-refractivity contribution in [2.75, 3.05) is 32.4 Å². The molecule has 0 radical (unpaired) electrons. The largest absolute Gasteiger partial charge is 0.634 e. The van der Waals surface area contributed by atoms with Crippen LogP contribution in [0.25, 0.3) is 0 Å². The van der Waals surface area contributed by atoms with Gasteiger partial charge < -0.3 is 20.5 Å². The molecule has 2 amide bonds. The number of hydrogen-bond donors (Lipinski definition) is 2. The van der Waals surface area contributed by atoms with Crippen LogP contribution in [0.1, 0.15) is 56.9 Å². The quantitative estimate of drug-likeness (QED) is 0.449. The van der Waals surface area contributed by atoms with E-state index in [0.717, 1.165) is 0 Å². The van der Waals surface area contributed by atoms with Gasteiger partial charge in [-0.25, -0.2) is 0 Å². The summed E-state index contributed by atoms with van der Waals surface area (Å²) in [6.45, 7) is 1.91. The zero-order valence-electron chi connectivity index (χ0n) is 19.7. The lowest BCUT2D eigenvalue weighted by molar-refractivity contribution is -0.853. The third-order valence-electron chi connectivity index (χ3n) is 6.75. The van der Waals surface area contributed by atoms with Crippen molar-refractivity contribution in [1.29, 1.82) is 0 Å². The van der Waals surface area contributed by atoms with Crippen LogP contribution >= 0.6 is 0 Å². The molecule has 0 bridgehead atoms. The summed E-state index contributed by atoms with van der Waals surface area (Å²) in [5, 5.41) is 14.5. The second-order valence-electron chi connectivity index (χ2n) is 9.13. The molecule has 9 nitrogen and oxygen atoms in total. The van der Waals surface area contributed by atoms with Gasteiger partial charge in [-0.15, -0.1) is 0 Å². The summed E-state index contributed by atoms with van der Waals surface area (Å²) in [4.78, 5) is 44.8. The predicted molar refractivity (Wildman–Crippen MR) is 131 cm³/mol. The summed E-state index contributed by atoms with van der Waals surface area (Å²) >= 11 is 0. The van der Waals surface area contributed by atoms with Crippen molar-refractivity contribution in [3.63, 3.8) is 0 Å². The number of quaternary nitrogens is 1. The van der Waals surface area contributed by atoms with E-state index in [1.54, 1.807) is 47.6 Å². The Balaban J connectivity index is 1.29. The zero-order chi connectivity index (χ0) is 24.9. The van der Waals surface area contributed by atoms with Crippen molar-refractivity contribution in [3.8, 4) is 0 Å². The average Bonchev–Trinajstić information content (AvgIpc) is 2.89. The maximum atomic E-state index is 12.9. The molecule has 186 valence electrons. The molecular weight excluding hydrogens is 468 g/mol. The fourth-order valence-electron chi connectivity index (χ4n) is 4.57. The number of Topliss-reactive ketones (excluding diaryl/α,β-unsaturated/α-hetero) is 1. The van der Waals surface area contributed by atoms with Crippen LogP contribution in [0.15, 0.2) is 47.5 Å². The summed E-state index contributed by atoms with van der Waals surface area (Å²) in [7, 11) is -1.08. The van der Waals surface area contributed by atoms with Crippen molar-refractivity contribution in [1.82, 2.24) is 15.2 Å². The Morgan fingerprint density at radius 1 is 1.00 bits per heavy atom. The number of aromatic nitrogens is 1. The van der Waals surface area contributed by atoms with Crippen LogP contribution in [-0.2, 0) is 10.8 Å². The number of rotatable bonds is 6. The van der Waals surface area contributed by atoms with Crippen molar-refractivity contribution in [3.05, 3.63) is 64.6 Å². The highest BCUT2D eigenvalue weighted by Crippen LogP contribution is 2.23. The summed E-state index contributed by atoms with van der Waals surface area (Å²) in [5.74, 6) is -0.585. The number of hydroxylamine groups is 2. The first-order valence-corrected chi connectivity index (χ1v) is 13.4. The number of nitrogens with one attached hydrogen (secondary N) is 2.